The third-order valence-corrected chi connectivity index (χ3v) is 8.30. The molecule has 5 rings (SSSR count). The van der Waals surface area contributed by atoms with E-state index in [1.54, 1.807) is 6.07 Å². The van der Waals surface area contributed by atoms with Gasteiger partial charge in [0.05, 0.1) is 23.4 Å². The number of hydrogen-bond donors (Lipinski definition) is 2. The Kier molecular flexibility index (Phi) is 8.67. The van der Waals surface area contributed by atoms with Crippen molar-refractivity contribution in [3.63, 3.8) is 0 Å². The van der Waals surface area contributed by atoms with Crippen molar-refractivity contribution >= 4 is 16.8 Å². The second-order valence-electron chi connectivity index (χ2n) is 10.8. The molecule has 2 fully saturated rings. The van der Waals surface area contributed by atoms with Crippen LogP contribution < -0.4 is 5.32 Å². The zero-order chi connectivity index (χ0) is 26.5. The highest BCUT2D eigenvalue weighted by molar-refractivity contribution is 6.09. The maximum atomic E-state index is 14.6. The predicted molar refractivity (Wildman–Crippen MR) is 149 cm³/mol. The van der Waals surface area contributed by atoms with E-state index in [0.717, 1.165) is 55.8 Å². The summed E-state index contributed by atoms with van der Waals surface area (Å²) < 4.78 is 14.6. The molecule has 6 nitrogen and oxygen atoms in total. The fourth-order valence-electron chi connectivity index (χ4n) is 6.09. The second kappa shape index (κ2) is 12.3. The first-order chi connectivity index (χ1) is 18.5. The van der Waals surface area contributed by atoms with E-state index in [0.29, 0.717) is 35.5 Å². The summed E-state index contributed by atoms with van der Waals surface area (Å²) in [5, 5.41) is 13.2. The van der Waals surface area contributed by atoms with Crippen LogP contribution in [-0.2, 0) is 6.54 Å². The minimum absolute atomic E-state index is 0.0506. The van der Waals surface area contributed by atoms with Gasteiger partial charge in [-0.1, -0.05) is 49.6 Å². The number of pyridine rings is 1. The molecule has 1 aliphatic carbocycles. The van der Waals surface area contributed by atoms with Crippen molar-refractivity contribution in [3.8, 4) is 11.3 Å². The van der Waals surface area contributed by atoms with Gasteiger partial charge in [0.1, 0.15) is 5.82 Å². The fraction of sp³-hybridized carbons (Fsp3) is 0.484. The molecule has 0 unspecified atom stereocenters. The number of piperazine rings is 1. The molecule has 2 heterocycles. The molecule has 3 aromatic rings. The van der Waals surface area contributed by atoms with Crippen molar-refractivity contribution in [3.05, 3.63) is 65.5 Å². The number of aliphatic hydroxyl groups excluding tert-OH is 1. The molecular weight excluding hydrogens is 479 g/mol. The smallest absolute Gasteiger partial charge is 0.252 e. The lowest BCUT2D eigenvalue weighted by Crippen LogP contribution is -2.47. The van der Waals surface area contributed by atoms with Crippen molar-refractivity contribution in [2.24, 2.45) is 5.92 Å². The maximum absolute atomic E-state index is 14.6. The summed E-state index contributed by atoms with van der Waals surface area (Å²) in [6, 6.07) is 14.6. The third kappa shape index (κ3) is 6.06. The van der Waals surface area contributed by atoms with E-state index in [9.17, 15) is 14.3 Å². The lowest BCUT2D eigenvalue weighted by atomic mass is 9.84. The molecule has 1 aliphatic heterocycles. The number of carbonyl (C=O) groups is 1. The van der Waals surface area contributed by atoms with Crippen molar-refractivity contribution in [1.29, 1.82) is 0 Å². The molecule has 1 amide bonds. The van der Waals surface area contributed by atoms with Crippen LogP contribution in [0.5, 0.6) is 0 Å². The molecule has 1 aromatic heterocycles. The lowest BCUT2D eigenvalue weighted by Gasteiger charge is -2.35. The van der Waals surface area contributed by atoms with Crippen LogP contribution in [0.15, 0.2) is 48.5 Å². The summed E-state index contributed by atoms with van der Waals surface area (Å²) in [6.45, 7) is 6.86. The molecule has 2 aromatic carbocycles. The SMILES string of the molecule is C[C@H](NC(=O)c1c(CN2CCN(CCO)CC2)c(-c2ccccc2)nc2ccc(F)cc12)C1CCCCC1. The largest absolute Gasteiger partial charge is 0.395 e. The fourth-order valence-corrected chi connectivity index (χ4v) is 6.09. The number of hydrogen-bond acceptors (Lipinski definition) is 5. The van der Waals surface area contributed by atoms with Gasteiger partial charge >= 0.3 is 0 Å². The highest BCUT2D eigenvalue weighted by Gasteiger charge is 2.28. The first-order valence-corrected chi connectivity index (χ1v) is 14.1. The Morgan fingerprint density at radius 2 is 1.76 bits per heavy atom. The Morgan fingerprint density at radius 1 is 1.05 bits per heavy atom. The van der Waals surface area contributed by atoms with E-state index in [4.69, 9.17) is 4.98 Å². The zero-order valence-corrected chi connectivity index (χ0v) is 22.3. The Balaban J connectivity index is 1.57. The Labute approximate surface area is 224 Å². The topological polar surface area (TPSA) is 68.7 Å². The number of nitrogens with zero attached hydrogens (tertiary/aromatic N) is 3. The van der Waals surface area contributed by atoms with Gasteiger partial charge in [-0.25, -0.2) is 9.37 Å². The number of aromatic nitrogens is 1. The van der Waals surface area contributed by atoms with Crippen molar-refractivity contribution in [2.75, 3.05) is 39.3 Å². The molecule has 202 valence electrons. The molecule has 1 atom stereocenters. The van der Waals surface area contributed by atoms with Gasteiger partial charge in [-0.05, 0) is 43.9 Å². The molecule has 38 heavy (non-hydrogen) atoms. The molecule has 0 spiro atoms. The van der Waals surface area contributed by atoms with Crippen LogP contribution in [0.1, 0.15) is 54.9 Å². The number of aliphatic hydroxyl groups is 1. The highest BCUT2D eigenvalue weighted by Crippen LogP contribution is 2.33. The molecule has 1 saturated heterocycles. The van der Waals surface area contributed by atoms with Gasteiger partial charge < -0.3 is 10.4 Å². The van der Waals surface area contributed by atoms with Crippen LogP contribution in [0.25, 0.3) is 22.2 Å². The summed E-state index contributed by atoms with van der Waals surface area (Å²) in [7, 11) is 0. The number of rotatable bonds is 8. The summed E-state index contributed by atoms with van der Waals surface area (Å²) in [6.07, 6.45) is 5.95. The number of carbonyl (C=O) groups excluding carboxylic acids is 1. The highest BCUT2D eigenvalue weighted by atomic mass is 19.1. The molecule has 1 saturated carbocycles. The first kappa shape index (κ1) is 26.7. The number of nitrogens with one attached hydrogen (secondary N) is 1. The number of amides is 1. The van der Waals surface area contributed by atoms with E-state index in [1.807, 2.05) is 30.3 Å². The monoisotopic (exact) mass is 518 g/mol. The molecule has 0 bridgehead atoms. The van der Waals surface area contributed by atoms with Crippen molar-refractivity contribution in [1.82, 2.24) is 20.1 Å². The summed E-state index contributed by atoms with van der Waals surface area (Å²) in [5.74, 6) is -0.0499. The van der Waals surface area contributed by atoms with Gasteiger partial charge in [0.15, 0.2) is 0 Å². The van der Waals surface area contributed by atoms with Crippen LogP contribution in [0.4, 0.5) is 4.39 Å². The van der Waals surface area contributed by atoms with Gasteiger partial charge in [0, 0.05) is 61.8 Å². The van der Waals surface area contributed by atoms with Gasteiger partial charge in [-0.3, -0.25) is 14.6 Å². The third-order valence-electron chi connectivity index (χ3n) is 8.30. The maximum Gasteiger partial charge on any atom is 0.252 e. The average Bonchev–Trinajstić information content (AvgIpc) is 2.94. The van der Waals surface area contributed by atoms with Gasteiger partial charge in [0.2, 0.25) is 0 Å². The molecular formula is C31H39FN4O2. The van der Waals surface area contributed by atoms with Crippen LogP contribution >= 0.6 is 0 Å². The van der Waals surface area contributed by atoms with Crippen LogP contribution in [0.3, 0.4) is 0 Å². The van der Waals surface area contributed by atoms with E-state index in [1.165, 1.54) is 31.4 Å². The summed E-state index contributed by atoms with van der Waals surface area (Å²) in [4.78, 5) is 23.7. The Hall–Kier alpha value is -2.87. The quantitative estimate of drug-likeness (QED) is 0.446. The summed E-state index contributed by atoms with van der Waals surface area (Å²) in [5.41, 5.74) is 3.73. The Morgan fingerprint density at radius 3 is 2.47 bits per heavy atom. The molecule has 2 N–H and O–H groups in total. The number of halogens is 1. The van der Waals surface area contributed by atoms with Crippen molar-refractivity contribution in [2.45, 2.75) is 51.6 Å². The molecule has 7 heteroatoms. The van der Waals surface area contributed by atoms with Crippen LogP contribution in [-0.4, -0.2) is 71.2 Å². The zero-order valence-electron chi connectivity index (χ0n) is 22.3. The Bertz CT molecular complexity index is 1240. The normalized spacial score (nSPS) is 18.5. The number of benzene rings is 2. The van der Waals surface area contributed by atoms with E-state index >= 15 is 0 Å². The van der Waals surface area contributed by atoms with E-state index in [-0.39, 0.29) is 24.4 Å². The number of fused-ring (bicyclic) bond motifs is 1. The van der Waals surface area contributed by atoms with E-state index in [2.05, 4.69) is 22.0 Å². The van der Waals surface area contributed by atoms with Crippen LogP contribution in [0.2, 0.25) is 0 Å². The lowest BCUT2D eigenvalue weighted by molar-refractivity contribution is 0.0913. The number of β-amino-alcohol motifs (C(OH)–C–C–N with tert-alkyl or cyclic N) is 1. The van der Waals surface area contributed by atoms with Crippen LogP contribution in [0, 0.1) is 11.7 Å². The van der Waals surface area contributed by atoms with E-state index < -0.39 is 0 Å². The van der Waals surface area contributed by atoms with Gasteiger partial charge in [-0.15, -0.1) is 0 Å². The molecule has 2 aliphatic rings. The summed E-state index contributed by atoms with van der Waals surface area (Å²) >= 11 is 0. The predicted octanol–water partition coefficient (Wildman–Crippen LogP) is 4.85. The molecule has 0 radical (unpaired) electrons. The average molecular weight is 519 g/mol. The van der Waals surface area contributed by atoms with Gasteiger partial charge in [0.25, 0.3) is 5.91 Å². The van der Waals surface area contributed by atoms with Crippen molar-refractivity contribution < 1.29 is 14.3 Å². The van der Waals surface area contributed by atoms with Gasteiger partial charge in [-0.2, -0.15) is 0 Å². The minimum atomic E-state index is -0.371. The second-order valence-corrected chi connectivity index (χ2v) is 10.8. The first-order valence-electron chi connectivity index (χ1n) is 14.1. The standard InChI is InChI=1S/C31H39FN4O2/c1-22(23-8-4-2-5-9-23)33-31(38)29-26-20-25(32)12-13-28(26)34-30(24-10-6-3-7-11-24)27(29)21-36-16-14-35(15-17-36)18-19-37/h3,6-7,10-13,20,22-23,37H,2,4-5,8-9,14-19,21H2,1H3,(H,33,38)/t22-/m0/s1. The minimum Gasteiger partial charge on any atom is -0.395 e.